The average molecular weight is 204 g/mol. The molecule has 82 valence electrons. The minimum absolute atomic E-state index is 0.164. The summed E-state index contributed by atoms with van der Waals surface area (Å²) in [5.41, 5.74) is 1.51. The van der Waals surface area contributed by atoms with Gasteiger partial charge < -0.3 is 4.74 Å². The fourth-order valence-electron chi connectivity index (χ4n) is 2.02. The highest BCUT2D eigenvalue weighted by Crippen LogP contribution is 2.37. The first-order valence-electron chi connectivity index (χ1n) is 5.79. The van der Waals surface area contributed by atoms with Gasteiger partial charge in [0.25, 0.3) is 0 Å². The second-order valence-electron chi connectivity index (χ2n) is 5.21. The Morgan fingerprint density at radius 1 is 1.33 bits per heavy atom. The molecule has 0 saturated carbocycles. The zero-order valence-corrected chi connectivity index (χ0v) is 10.1. The zero-order chi connectivity index (χ0) is 11.1. The van der Waals surface area contributed by atoms with Gasteiger partial charge in [0.1, 0.15) is 11.9 Å². The second-order valence-corrected chi connectivity index (χ2v) is 5.21. The summed E-state index contributed by atoms with van der Waals surface area (Å²) in [6.45, 7) is 8.91. The van der Waals surface area contributed by atoms with Crippen LogP contribution in [-0.4, -0.2) is 6.10 Å². The maximum Gasteiger partial charge on any atom is 0.122 e. The Morgan fingerprint density at radius 2 is 2.00 bits per heavy atom. The minimum Gasteiger partial charge on any atom is -0.490 e. The van der Waals surface area contributed by atoms with E-state index in [1.807, 2.05) is 0 Å². The SMILES string of the molecule is CC1CC2=C(C=CC(C)(C(C)C)C=C2)O1. The summed E-state index contributed by atoms with van der Waals surface area (Å²) in [4.78, 5) is 0. The number of rotatable bonds is 1. The van der Waals surface area contributed by atoms with E-state index in [1.165, 1.54) is 5.57 Å². The fraction of sp³-hybridized carbons (Fsp3) is 0.571. The molecule has 1 nitrogen and oxygen atoms in total. The van der Waals surface area contributed by atoms with Crippen LogP contribution in [0.25, 0.3) is 0 Å². The lowest BCUT2D eigenvalue weighted by Crippen LogP contribution is -2.17. The third-order valence-corrected chi connectivity index (χ3v) is 3.63. The summed E-state index contributed by atoms with van der Waals surface area (Å²) in [5, 5.41) is 0. The Balaban J connectivity index is 2.27. The van der Waals surface area contributed by atoms with Gasteiger partial charge >= 0.3 is 0 Å². The normalized spacial score (nSPS) is 34.3. The molecule has 2 rings (SSSR count). The van der Waals surface area contributed by atoms with E-state index in [0.29, 0.717) is 12.0 Å². The quantitative estimate of drug-likeness (QED) is 0.630. The molecule has 0 spiro atoms. The van der Waals surface area contributed by atoms with Crippen LogP contribution in [0.4, 0.5) is 0 Å². The van der Waals surface area contributed by atoms with Gasteiger partial charge in [-0.1, -0.05) is 39.0 Å². The van der Waals surface area contributed by atoms with E-state index in [1.54, 1.807) is 0 Å². The summed E-state index contributed by atoms with van der Waals surface area (Å²) >= 11 is 0. The maximum absolute atomic E-state index is 5.76. The minimum atomic E-state index is 0.164. The lowest BCUT2D eigenvalue weighted by molar-refractivity contribution is 0.169. The van der Waals surface area contributed by atoms with Crippen LogP contribution in [0.2, 0.25) is 0 Å². The monoisotopic (exact) mass is 204 g/mol. The van der Waals surface area contributed by atoms with E-state index >= 15 is 0 Å². The molecule has 0 aromatic heterocycles. The zero-order valence-electron chi connectivity index (χ0n) is 10.1. The molecular formula is C14H20O. The summed E-state index contributed by atoms with van der Waals surface area (Å²) in [6, 6.07) is 0. The first kappa shape index (κ1) is 10.5. The lowest BCUT2D eigenvalue weighted by atomic mass is 9.79. The van der Waals surface area contributed by atoms with Crippen molar-refractivity contribution in [3.8, 4) is 0 Å². The highest BCUT2D eigenvalue weighted by Gasteiger charge is 2.27. The molecule has 0 amide bonds. The summed E-state index contributed by atoms with van der Waals surface area (Å²) in [5.74, 6) is 1.69. The number of hydrogen-bond acceptors (Lipinski definition) is 1. The van der Waals surface area contributed by atoms with Gasteiger partial charge in [0.05, 0.1) is 0 Å². The van der Waals surface area contributed by atoms with E-state index in [4.69, 9.17) is 4.74 Å². The molecule has 0 aromatic rings. The van der Waals surface area contributed by atoms with E-state index in [0.717, 1.165) is 12.2 Å². The highest BCUT2D eigenvalue weighted by atomic mass is 16.5. The third kappa shape index (κ3) is 1.88. The van der Waals surface area contributed by atoms with Gasteiger partial charge in [-0.15, -0.1) is 0 Å². The molecule has 0 N–H and O–H groups in total. The summed E-state index contributed by atoms with van der Waals surface area (Å²) in [7, 11) is 0. The van der Waals surface area contributed by atoms with Gasteiger partial charge in [-0.05, 0) is 24.5 Å². The van der Waals surface area contributed by atoms with Crippen molar-refractivity contribution in [2.75, 3.05) is 0 Å². The molecule has 2 atom stereocenters. The van der Waals surface area contributed by atoms with Gasteiger partial charge in [-0.25, -0.2) is 0 Å². The number of ether oxygens (including phenoxy) is 1. The Kier molecular flexibility index (Phi) is 2.49. The Bertz CT molecular complexity index is 318. The predicted molar refractivity (Wildman–Crippen MR) is 63.4 cm³/mol. The average Bonchev–Trinajstić information content (AvgIpc) is 2.45. The van der Waals surface area contributed by atoms with Crippen molar-refractivity contribution in [2.45, 2.75) is 40.2 Å². The topological polar surface area (TPSA) is 9.23 Å². The van der Waals surface area contributed by atoms with Crippen LogP contribution >= 0.6 is 0 Å². The van der Waals surface area contributed by atoms with Crippen molar-refractivity contribution in [1.82, 2.24) is 0 Å². The molecule has 0 aromatic carbocycles. The molecule has 0 fully saturated rings. The molecule has 0 radical (unpaired) electrons. The van der Waals surface area contributed by atoms with Gasteiger partial charge in [0, 0.05) is 11.8 Å². The highest BCUT2D eigenvalue weighted by molar-refractivity contribution is 5.38. The number of hydrogen-bond donors (Lipinski definition) is 0. The predicted octanol–water partition coefficient (Wildman–Crippen LogP) is 3.84. The van der Waals surface area contributed by atoms with Crippen molar-refractivity contribution in [3.05, 3.63) is 35.6 Å². The van der Waals surface area contributed by atoms with Crippen molar-refractivity contribution < 1.29 is 4.74 Å². The molecular weight excluding hydrogens is 184 g/mol. The van der Waals surface area contributed by atoms with Crippen molar-refractivity contribution in [3.63, 3.8) is 0 Å². The van der Waals surface area contributed by atoms with Gasteiger partial charge in [0.15, 0.2) is 0 Å². The van der Waals surface area contributed by atoms with Crippen LogP contribution in [0, 0.1) is 11.3 Å². The van der Waals surface area contributed by atoms with Crippen molar-refractivity contribution in [2.24, 2.45) is 11.3 Å². The van der Waals surface area contributed by atoms with Crippen molar-refractivity contribution >= 4 is 0 Å². The summed E-state index contributed by atoms with van der Waals surface area (Å²) < 4.78 is 5.76. The molecule has 1 aliphatic carbocycles. The first-order chi connectivity index (χ1) is 7.01. The van der Waals surface area contributed by atoms with Crippen LogP contribution in [-0.2, 0) is 4.74 Å². The Morgan fingerprint density at radius 3 is 2.67 bits per heavy atom. The molecule has 15 heavy (non-hydrogen) atoms. The van der Waals surface area contributed by atoms with Crippen LogP contribution in [0.3, 0.4) is 0 Å². The first-order valence-corrected chi connectivity index (χ1v) is 5.79. The second kappa shape index (κ2) is 3.55. The van der Waals surface area contributed by atoms with Gasteiger partial charge in [0.2, 0.25) is 0 Å². The Hall–Kier alpha value is -0.980. The smallest absolute Gasteiger partial charge is 0.122 e. The lowest BCUT2D eigenvalue weighted by Gasteiger charge is -2.26. The molecule has 1 heteroatoms. The van der Waals surface area contributed by atoms with Crippen LogP contribution in [0.15, 0.2) is 35.6 Å². The standard InChI is InChI=1S/C14H20O/c1-10(2)14(4)7-5-12-9-11(3)15-13(12)6-8-14/h5-8,10-11H,9H2,1-4H3. The van der Waals surface area contributed by atoms with Gasteiger partial charge in [-0.3, -0.25) is 0 Å². The van der Waals surface area contributed by atoms with Gasteiger partial charge in [-0.2, -0.15) is 0 Å². The van der Waals surface area contributed by atoms with E-state index < -0.39 is 0 Å². The molecule has 2 aliphatic rings. The van der Waals surface area contributed by atoms with Crippen molar-refractivity contribution in [1.29, 1.82) is 0 Å². The Labute approximate surface area is 92.5 Å². The third-order valence-electron chi connectivity index (χ3n) is 3.63. The molecule has 2 unspecified atom stereocenters. The van der Waals surface area contributed by atoms with Crippen LogP contribution in [0.1, 0.15) is 34.1 Å². The fourth-order valence-corrected chi connectivity index (χ4v) is 2.02. The van der Waals surface area contributed by atoms with E-state index in [-0.39, 0.29) is 5.41 Å². The number of allylic oxidation sites excluding steroid dienone is 4. The molecule has 0 saturated heterocycles. The largest absolute Gasteiger partial charge is 0.490 e. The maximum atomic E-state index is 5.76. The van der Waals surface area contributed by atoms with Crippen LogP contribution in [0.5, 0.6) is 0 Å². The molecule has 1 heterocycles. The summed E-state index contributed by atoms with van der Waals surface area (Å²) in [6.07, 6.45) is 10.4. The molecule has 1 aliphatic heterocycles. The molecule has 0 bridgehead atoms. The van der Waals surface area contributed by atoms with E-state index in [9.17, 15) is 0 Å². The van der Waals surface area contributed by atoms with Crippen LogP contribution < -0.4 is 0 Å². The van der Waals surface area contributed by atoms with E-state index in [2.05, 4.69) is 52.0 Å².